The zero-order chi connectivity index (χ0) is 10.6. The van der Waals surface area contributed by atoms with Crippen LogP contribution >= 0.6 is 0 Å². The van der Waals surface area contributed by atoms with Crippen LogP contribution in [0.25, 0.3) is 0 Å². The van der Waals surface area contributed by atoms with Gasteiger partial charge in [-0.05, 0) is 0 Å². The van der Waals surface area contributed by atoms with Crippen LogP contribution in [0.3, 0.4) is 0 Å². The minimum absolute atomic E-state index is 0.121. The summed E-state index contributed by atoms with van der Waals surface area (Å²) in [6.45, 7) is 0.525. The molecule has 2 N–H and O–H groups in total. The number of aliphatic carboxylic acids is 1. The summed E-state index contributed by atoms with van der Waals surface area (Å²) in [7, 11) is 0. The second-order valence-electron chi connectivity index (χ2n) is 2.88. The zero-order valence-electron chi connectivity index (χ0n) is 7.40. The maximum Gasteiger partial charge on any atom is 0.328 e. The van der Waals surface area contributed by atoms with Crippen LogP contribution in [0.4, 0.5) is 0 Å². The zero-order valence-corrected chi connectivity index (χ0v) is 7.40. The second-order valence-corrected chi connectivity index (χ2v) is 2.88. The lowest BCUT2D eigenvalue weighted by Crippen LogP contribution is -2.51. The topological polar surface area (TPSA) is 86.7 Å². The van der Waals surface area contributed by atoms with Crippen molar-refractivity contribution in [3.63, 3.8) is 0 Å². The predicted molar refractivity (Wildman–Crippen MR) is 46.4 cm³/mol. The lowest BCUT2D eigenvalue weighted by molar-refractivity contribution is -0.135. The number of carbonyl (C=O) groups excluding carboxylic acids is 2. The van der Waals surface area contributed by atoms with Crippen LogP contribution in [0.2, 0.25) is 0 Å². The van der Waals surface area contributed by atoms with Gasteiger partial charge in [0.05, 0.1) is 13.1 Å². The molecule has 14 heavy (non-hydrogen) atoms. The first-order valence-electron chi connectivity index (χ1n) is 4.02. The van der Waals surface area contributed by atoms with Gasteiger partial charge in [-0.15, -0.1) is 0 Å². The van der Waals surface area contributed by atoms with Crippen molar-refractivity contribution in [2.75, 3.05) is 19.6 Å². The van der Waals surface area contributed by atoms with Gasteiger partial charge in [-0.1, -0.05) is 6.08 Å². The van der Waals surface area contributed by atoms with Crippen molar-refractivity contribution in [1.82, 2.24) is 10.2 Å². The first-order valence-corrected chi connectivity index (χ1v) is 4.02. The largest absolute Gasteiger partial charge is 0.478 e. The minimum atomic E-state index is -1.04. The lowest BCUT2D eigenvalue weighted by atomic mass is 10.3. The highest BCUT2D eigenvalue weighted by molar-refractivity contribution is 5.99. The lowest BCUT2D eigenvalue weighted by Gasteiger charge is -2.23. The fourth-order valence-corrected chi connectivity index (χ4v) is 1.13. The first kappa shape index (κ1) is 10.4. The molecule has 0 atom stereocenters. The molecule has 0 aromatic carbocycles. The molecule has 1 aliphatic heterocycles. The van der Waals surface area contributed by atoms with E-state index in [4.69, 9.17) is 5.11 Å². The summed E-state index contributed by atoms with van der Waals surface area (Å²) in [6, 6.07) is 0. The number of carbonyl (C=O) groups is 3. The molecule has 0 aliphatic carbocycles. The average molecular weight is 198 g/mol. The third-order valence-electron chi connectivity index (χ3n) is 1.64. The number of hydrogen-bond donors (Lipinski definition) is 2. The number of nitrogens with one attached hydrogen (secondary N) is 1. The van der Waals surface area contributed by atoms with Crippen LogP contribution in [-0.4, -0.2) is 47.4 Å². The molecule has 1 rings (SSSR count). The van der Waals surface area contributed by atoms with E-state index in [9.17, 15) is 14.4 Å². The van der Waals surface area contributed by atoms with Crippen LogP contribution in [-0.2, 0) is 14.4 Å². The molecule has 1 aliphatic rings. The molecule has 2 amide bonds. The van der Waals surface area contributed by atoms with E-state index in [0.29, 0.717) is 0 Å². The molecule has 0 saturated carbocycles. The van der Waals surface area contributed by atoms with Crippen molar-refractivity contribution in [1.29, 1.82) is 0 Å². The summed E-state index contributed by atoms with van der Waals surface area (Å²) in [5, 5.41) is 10.4. The number of imide groups is 1. The molecule has 1 heterocycles. The van der Waals surface area contributed by atoms with Gasteiger partial charge in [0, 0.05) is 12.6 Å². The van der Waals surface area contributed by atoms with E-state index in [0.717, 1.165) is 6.08 Å². The third kappa shape index (κ3) is 3.36. The molecule has 6 heteroatoms. The summed E-state index contributed by atoms with van der Waals surface area (Å²) in [5.41, 5.74) is 0. The Morgan fingerprint density at radius 3 is 2.50 bits per heavy atom. The molecule has 76 valence electrons. The van der Waals surface area contributed by atoms with E-state index in [1.807, 2.05) is 0 Å². The van der Waals surface area contributed by atoms with Crippen LogP contribution in [0.5, 0.6) is 0 Å². The van der Waals surface area contributed by atoms with Crippen LogP contribution < -0.4 is 5.32 Å². The number of carboxylic acids is 1. The molecule has 0 aromatic rings. The summed E-state index contributed by atoms with van der Waals surface area (Å²) in [5.74, 6) is -1.76. The predicted octanol–water partition coefficient (Wildman–Crippen LogP) is -1.41. The van der Waals surface area contributed by atoms with Gasteiger partial charge in [0.1, 0.15) is 0 Å². The molecular weight excluding hydrogens is 188 g/mol. The molecule has 6 nitrogen and oxygen atoms in total. The quantitative estimate of drug-likeness (QED) is 0.429. The number of carboxylic acid groups (broad SMARTS) is 1. The number of amides is 2. The molecule has 0 bridgehead atoms. The molecule has 0 unspecified atom stereocenters. The minimum Gasteiger partial charge on any atom is -0.478 e. The van der Waals surface area contributed by atoms with Gasteiger partial charge >= 0.3 is 5.97 Å². The normalized spacial score (nSPS) is 18.6. The molecule has 1 fully saturated rings. The van der Waals surface area contributed by atoms with E-state index in [-0.39, 0.29) is 31.4 Å². The number of piperazine rings is 1. The van der Waals surface area contributed by atoms with Crippen molar-refractivity contribution in [2.45, 2.75) is 0 Å². The number of nitrogens with zero attached hydrogens (tertiary/aromatic N) is 1. The molecule has 1 saturated heterocycles. The van der Waals surface area contributed by atoms with E-state index >= 15 is 0 Å². The summed E-state index contributed by atoms with van der Waals surface area (Å²) in [6.07, 6.45) is 2.38. The molecule has 0 aromatic heterocycles. The van der Waals surface area contributed by atoms with E-state index in [1.165, 1.54) is 6.08 Å². The van der Waals surface area contributed by atoms with Crippen LogP contribution in [0.1, 0.15) is 0 Å². The Kier molecular flexibility index (Phi) is 3.35. The van der Waals surface area contributed by atoms with Gasteiger partial charge in [-0.2, -0.15) is 0 Å². The van der Waals surface area contributed by atoms with E-state index in [2.05, 4.69) is 5.32 Å². The van der Waals surface area contributed by atoms with Crippen molar-refractivity contribution < 1.29 is 19.5 Å². The van der Waals surface area contributed by atoms with Gasteiger partial charge < -0.3 is 5.11 Å². The van der Waals surface area contributed by atoms with Crippen molar-refractivity contribution >= 4 is 17.8 Å². The van der Waals surface area contributed by atoms with Gasteiger partial charge in [-0.3, -0.25) is 19.8 Å². The van der Waals surface area contributed by atoms with E-state index < -0.39 is 5.97 Å². The van der Waals surface area contributed by atoms with Crippen molar-refractivity contribution in [3.8, 4) is 0 Å². The smallest absolute Gasteiger partial charge is 0.328 e. The number of rotatable bonds is 3. The maximum atomic E-state index is 10.9. The van der Waals surface area contributed by atoms with Crippen LogP contribution in [0.15, 0.2) is 12.2 Å². The van der Waals surface area contributed by atoms with Gasteiger partial charge in [0.2, 0.25) is 11.8 Å². The fourth-order valence-electron chi connectivity index (χ4n) is 1.13. The van der Waals surface area contributed by atoms with Crippen molar-refractivity contribution in [3.05, 3.63) is 12.2 Å². The Morgan fingerprint density at radius 2 is 2.00 bits per heavy atom. The monoisotopic (exact) mass is 198 g/mol. The highest BCUT2D eigenvalue weighted by Crippen LogP contribution is 1.94. The standard InChI is InChI=1S/C8H10N2O4/c11-6-4-10(5-7(12)9-6)3-1-2-8(13)14/h1-2H,3-5H2,(H,13,14)(H,9,11,12)/b2-1+. The maximum absolute atomic E-state index is 10.9. The van der Waals surface area contributed by atoms with Crippen molar-refractivity contribution in [2.24, 2.45) is 0 Å². The second kappa shape index (κ2) is 4.52. The Morgan fingerprint density at radius 1 is 1.43 bits per heavy atom. The highest BCUT2D eigenvalue weighted by Gasteiger charge is 2.20. The van der Waals surface area contributed by atoms with Crippen LogP contribution in [0, 0.1) is 0 Å². The summed E-state index contributed by atoms with van der Waals surface area (Å²) in [4.78, 5) is 33.4. The first-order chi connectivity index (χ1) is 6.58. The molecule has 0 spiro atoms. The Hall–Kier alpha value is -1.69. The molecule has 0 radical (unpaired) electrons. The molecular formula is C8H10N2O4. The summed E-state index contributed by atoms with van der Waals surface area (Å²) < 4.78 is 0. The number of hydrogen-bond acceptors (Lipinski definition) is 4. The fraction of sp³-hybridized carbons (Fsp3) is 0.375. The van der Waals surface area contributed by atoms with E-state index in [1.54, 1.807) is 4.90 Å². The Balaban J connectivity index is 2.41. The van der Waals surface area contributed by atoms with Gasteiger partial charge in [0.25, 0.3) is 0 Å². The summed E-state index contributed by atoms with van der Waals surface area (Å²) >= 11 is 0. The Bertz CT molecular complexity index is 282. The van der Waals surface area contributed by atoms with Gasteiger partial charge in [0.15, 0.2) is 0 Å². The SMILES string of the molecule is O=C(O)/C=C/CN1CC(=O)NC(=O)C1. The third-order valence-corrected chi connectivity index (χ3v) is 1.64. The van der Waals surface area contributed by atoms with Gasteiger partial charge in [-0.25, -0.2) is 4.79 Å². The highest BCUT2D eigenvalue weighted by atomic mass is 16.4. The Labute approximate surface area is 80.2 Å². The average Bonchev–Trinajstić information content (AvgIpc) is 2.01.